The minimum atomic E-state index is -1.14. The van der Waals surface area contributed by atoms with Crippen LogP contribution in [0.3, 0.4) is 0 Å². The highest BCUT2D eigenvalue weighted by Gasteiger charge is 2.37. The standard InChI is InChI=1S/C16H18O5S2/c1-7-8(2)21-12-5-9(3-4-10(12)13(7)18)23-16-15(20)14(19)11(17)6-22-16/h3-5,11,14-17,19-20H,6H2,1-2H3/t11-,14+,15-,16+/m1/s1. The molecule has 23 heavy (non-hydrogen) atoms. The van der Waals surface area contributed by atoms with Crippen molar-refractivity contribution in [2.45, 2.75) is 41.6 Å². The van der Waals surface area contributed by atoms with E-state index in [0.29, 0.717) is 28.0 Å². The molecule has 0 amide bonds. The van der Waals surface area contributed by atoms with Gasteiger partial charge in [-0.1, -0.05) is 0 Å². The summed E-state index contributed by atoms with van der Waals surface area (Å²) in [5.74, 6) is 0.965. The second-order valence-electron chi connectivity index (χ2n) is 5.64. The fraction of sp³-hybridized carbons (Fsp3) is 0.438. The molecule has 1 aliphatic rings. The lowest BCUT2D eigenvalue weighted by atomic mass is 10.1. The van der Waals surface area contributed by atoms with Crippen molar-refractivity contribution in [3.05, 3.63) is 39.7 Å². The number of aliphatic hydroxyl groups excluding tert-OH is 3. The highest BCUT2D eigenvalue weighted by molar-refractivity contribution is 8.17. The summed E-state index contributed by atoms with van der Waals surface area (Å²) in [4.78, 5) is 13.0. The van der Waals surface area contributed by atoms with E-state index < -0.39 is 18.3 Å². The van der Waals surface area contributed by atoms with Gasteiger partial charge in [-0.3, -0.25) is 4.79 Å². The number of fused-ring (bicyclic) bond motifs is 1. The lowest BCUT2D eigenvalue weighted by molar-refractivity contribution is -0.0474. The topological polar surface area (TPSA) is 90.9 Å². The largest absolute Gasteiger partial charge is 0.461 e. The maximum Gasteiger partial charge on any atom is 0.195 e. The van der Waals surface area contributed by atoms with E-state index in [-0.39, 0.29) is 10.0 Å². The molecule has 0 bridgehead atoms. The molecule has 0 aliphatic carbocycles. The van der Waals surface area contributed by atoms with Gasteiger partial charge in [0.15, 0.2) is 5.43 Å². The molecule has 1 aliphatic heterocycles. The van der Waals surface area contributed by atoms with E-state index in [1.807, 2.05) is 6.07 Å². The summed E-state index contributed by atoms with van der Waals surface area (Å²) in [6, 6.07) is 5.31. The summed E-state index contributed by atoms with van der Waals surface area (Å²) in [6.07, 6.45) is -3.07. The van der Waals surface area contributed by atoms with Crippen LogP contribution in [0.2, 0.25) is 0 Å². The Morgan fingerprint density at radius 3 is 2.70 bits per heavy atom. The Hall–Kier alpha value is -0.990. The molecule has 1 fully saturated rings. The maximum atomic E-state index is 12.2. The van der Waals surface area contributed by atoms with Gasteiger partial charge in [0.05, 0.1) is 16.1 Å². The van der Waals surface area contributed by atoms with Crippen molar-refractivity contribution in [1.29, 1.82) is 0 Å². The number of aryl methyl sites for hydroxylation is 1. The summed E-state index contributed by atoms with van der Waals surface area (Å²) >= 11 is 2.79. The van der Waals surface area contributed by atoms with E-state index in [4.69, 9.17) is 4.42 Å². The van der Waals surface area contributed by atoms with Crippen molar-refractivity contribution < 1.29 is 19.7 Å². The Kier molecular flexibility index (Phi) is 4.75. The van der Waals surface area contributed by atoms with Crippen molar-refractivity contribution >= 4 is 34.5 Å². The highest BCUT2D eigenvalue weighted by atomic mass is 32.2. The van der Waals surface area contributed by atoms with Crippen molar-refractivity contribution in [3.63, 3.8) is 0 Å². The number of hydrogen-bond acceptors (Lipinski definition) is 7. The van der Waals surface area contributed by atoms with Crippen LogP contribution in [0.5, 0.6) is 0 Å². The van der Waals surface area contributed by atoms with E-state index in [1.165, 1.54) is 23.5 Å². The molecular weight excluding hydrogens is 336 g/mol. The summed E-state index contributed by atoms with van der Waals surface area (Å²) in [5, 5.41) is 30.0. The summed E-state index contributed by atoms with van der Waals surface area (Å²) in [7, 11) is 0. The molecule has 1 aromatic carbocycles. The number of aliphatic hydroxyl groups is 3. The van der Waals surface area contributed by atoms with Crippen LogP contribution in [0.1, 0.15) is 11.3 Å². The van der Waals surface area contributed by atoms with Crippen LogP contribution in [-0.4, -0.2) is 44.0 Å². The Morgan fingerprint density at radius 1 is 1.22 bits per heavy atom. The van der Waals surface area contributed by atoms with E-state index in [9.17, 15) is 20.1 Å². The molecule has 0 saturated carbocycles. The van der Waals surface area contributed by atoms with Crippen LogP contribution in [-0.2, 0) is 0 Å². The van der Waals surface area contributed by atoms with Crippen LogP contribution in [0.4, 0.5) is 0 Å². The molecule has 0 spiro atoms. The average Bonchev–Trinajstić information content (AvgIpc) is 2.53. The van der Waals surface area contributed by atoms with E-state index in [2.05, 4.69) is 0 Å². The molecule has 2 heterocycles. The van der Waals surface area contributed by atoms with Crippen molar-refractivity contribution in [2.75, 3.05) is 5.75 Å². The van der Waals surface area contributed by atoms with Gasteiger partial charge in [-0.15, -0.1) is 23.5 Å². The normalized spacial score (nSPS) is 28.2. The first-order valence-electron chi connectivity index (χ1n) is 7.25. The maximum absolute atomic E-state index is 12.2. The predicted molar refractivity (Wildman–Crippen MR) is 92.1 cm³/mol. The molecule has 2 aromatic rings. The first-order chi connectivity index (χ1) is 10.9. The zero-order chi connectivity index (χ0) is 16.7. The summed E-state index contributed by atoms with van der Waals surface area (Å²) in [6.45, 7) is 3.50. The third kappa shape index (κ3) is 3.16. The van der Waals surface area contributed by atoms with E-state index >= 15 is 0 Å². The Labute approximate surface area is 141 Å². The zero-order valence-corrected chi connectivity index (χ0v) is 14.4. The average molecular weight is 354 g/mol. The number of benzene rings is 1. The fourth-order valence-corrected chi connectivity index (χ4v) is 5.14. The van der Waals surface area contributed by atoms with Gasteiger partial charge < -0.3 is 19.7 Å². The van der Waals surface area contributed by atoms with E-state index in [0.717, 1.165) is 4.90 Å². The second kappa shape index (κ2) is 6.49. The van der Waals surface area contributed by atoms with Gasteiger partial charge in [0.2, 0.25) is 0 Å². The Morgan fingerprint density at radius 2 is 1.96 bits per heavy atom. The quantitative estimate of drug-likeness (QED) is 0.755. The molecule has 4 atom stereocenters. The molecule has 1 aromatic heterocycles. The fourth-order valence-electron chi connectivity index (χ4n) is 2.47. The first kappa shape index (κ1) is 16.9. The van der Waals surface area contributed by atoms with Crippen LogP contribution >= 0.6 is 23.5 Å². The van der Waals surface area contributed by atoms with Crippen LogP contribution in [0.25, 0.3) is 11.0 Å². The van der Waals surface area contributed by atoms with E-state index in [1.54, 1.807) is 26.0 Å². The third-order valence-electron chi connectivity index (χ3n) is 4.04. The summed E-state index contributed by atoms with van der Waals surface area (Å²) in [5.41, 5.74) is 1.08. The molecule has 1 saturated heterocycles. The van der Waals surface area contributed by atoms with Crippen molar-refractivity contribution in [2.24, 2.45) is 0 Å². The SMILES string of the molecule is Cc1oc2cc(S[C@@H]3SC[C@@H](O)[C@H](O)[C@H]3O)ccc2c(=O)c1C. The van der Waals surface area contributed by atoms with Gasteiger partial charge in [-0.2, -0.15) is 0 Å². The lowest BCUT2D eigenvalue weighted by Crippen LogP contribution is -2.47. The zero-order valence-electron chi connectivity index (χ0n) is 12.7. The van der Waals surface area contributed by atoms with Gasteiger partial charge in [0.1, 0.15) is 23.6 Å². The highest BCUT2D eigenvalue weighted by Crippen LogP contribution is 2.39. The molecular formula is C16H18O5S2. The van der Waals surface area contributed by atoms with Crippen molar-refractivity contribution in [1.82, 2.24) is 0 Å². The number of rotatable bonds is 2. The van der Waals surface area contributed by atoms with Crippen LogP contribution in [0.15, 0.2) is 32.3 Å². The minimum Gasteiger partial charge on any atom is -0.461 e. The van der Waals surface area contributed by atoms with Gasteiger partial charge in [-0.25, -0.2) is 0 Å². The lowest BCUT2D eigenvalue weighted by Gasteiger charge is -2.34. The molecule has 5 nitrogen and oxygen atoms in total. The molecule has 124 valence electrons. The molecule has 0 radical (unpaired) electrons. The Bertz CT molecular complexity index is 788. The van der Waals surface area contributed by atoms with Crippen molar-refractivity contribution in [3.8, 4) is 0 Å². The third-order valence-corrected chi connectivity index (χ3v) is 6.91. The van der Waals surface area contributed by atoms with Gasteiger partial charge in [-0.05, 0) is 32.0 Å². The van der Waals surface area contributed by atoms with Crippen LogP contribution < -0.4 is 5.43 Å². The number of thioether (sulfide) groups is 2. The molecule has 0 unspecified atom stereocenters. The predicted octanol–water partition coefficient (Wildman–Crippen LogP) is 1.66. The molecule has 7 heteroatoms. The number of hydrogen-bond donors (Lipinski definition) is 3. The van der Waals surface area contributed by atoms with Gasteiger partial charge in [0.25, 0.3) is 0 Å². The van der Waals surface area contributed by atoms with Gasteiger partial charge in [0, 0.05) is 16.2 Å². The monoisotopic (exact) mass is 354 g/mol. The molecule has 3 rings (SSSR count). The molecule has 3 N–H and O–H groups in total. The second-order valence-corrected chi connectivity index (χ2v) is 8.33. The smallest absolute Gasteiger partial charge is 0.195 e. The first-order valence-corrected chi connectivity index (χ1v) is 9.18. The van der Waals surface area contributed by atoms with Crippen LogP contribution in [0, 0.1) is 13.8 Å². The van der Waals surface area contributed by atoms with Gasteiger partial charge >= 0.3 is 0 Å². The minimum absolute atomic E-state index is 0.0362. The summed E-state index contributed by atoms with van der Waals surface area (Å²) < 4.78 is 5.41. The Balaban J connectivity index is 1.90.